The Morgan fingerprint density at radius 3 is 2.30 bits per heavy atom. The van der Waals surface area contributed by atoms with E-state index in [1.165, 1.54) is 16.9 Å². The van der Waals surface area contributed by atoms with Crippen LogP contribution >= 0.6 is 11.3 Å². The predicted molar refractivity (Wildman–Crippen MR) is 118 cm³/mol. The number of aromatic nitrogens is 1. The Balaban J connectivity index is 1.62. The highest BCUT2D eigenvalue weighted by atomic mass is 32.2. The summed E-state index contributed by atoms with van der Waals surface area (Å²) in [6.07, 6.45) is -4.67. The molecule has 1 amide bonds. The number of anilines is 1. The van der Waals surface area contributed by atoms with Crippen LogP contribution in [-0.2, 0) is 16.6 Å². The number of hydrogen-bond donors (Lipinski definition) is 2. The summed E-state index contributed by atoms with van der Waals surface area (Å²) in [6.45, 7) is 2.17. The first kappa shape index (κ1) is 24.7. The molecule has 0 spiro atoms. The minimum absolute atomic E-state index is 0.194. The minimum atomic E-state index is -4.67. The van der Waals surface area contributed by atoms with Gasteiger partial charge >= 0.3 is 6.18 Å². The molecule has 0 fully saturated rings. The van der Waals surface area contributed by atoms with Gasteiger partial charge in [-0.25, -0.2) is 18.1 Å². The van der Waals surface area contributed by atoms with Gasteiger partial charge < -0.3 is 10.1 Å². The minimum Gasteiger partial charge on any atom is -0.486 e. The molecule has 0 saturated heterocycles. The third kappa shape index (κ3) is 7.01. The summed E-state index contributed by atoms with van der Waals surface area (Å²) in [5, 5.41) is 3.23. The van der Waals surface area contributed by atoms with Crippen LogP contribution in [-0.4, -0.2) is 32.0 Å². The fourth-order valence-electron chi connectivity index (χ4n) is 2.67. The lowest BCUT2D eigenvalue weighted by Crippen LogP contribution is -2.33. The first-order valence-corrected chi connectivity index (χ1v) is 11.9. The fraction of sp³-hybridized carbons (Fsp3) is 0.238. The van der Waals surface area contributed by atoms with Gasteiger partial charge in [0.25, 0.3) is 5.91 Å². The molecule has 2 N–H and O–H groups in total. The lowest BCUT2D eigenvalue weighted by molar-refractivity contribution is -0.121. The number of rotatable bonds is 8. The van der Waals surface area contributed by atoms with Crippen LogP contribution in [0.4, 0.5) is 18.9 Å². The van der Waals surface area contributed by atoms with Crippen molar-refractivity contribution in [3.8, 4) is 5.75 Å². The van der Waals surface area contributed by atoms with Crippen molar-refractivity contribution in [3.05, 3.63) is 69.7 Å². The number of alkyl halides is 3. The van der Waals surface area contributed by atoms with E-state index in [1.807, 2.05) is 31.2 Å². The molecule has 176 valence electrons. The number of benzene rings is 2. The van der Waals surface area contributed by atoms with E-state index in [4.69, 9.17) is 4.74 Å². The average molecular weight is 500 g/mol. The number of thiazole rings is 1. The highest BCUT2D eigenvalue weighted by molar-refractivity contribution is 7.89. The van der Waals surface area contributed by atoms with Gasteiger partial charge in [0.1, 0.15) is 28.8 Å². The van der Waals surface area contributed by atoms with Crippen molar-refractivity contribution in [1.82, 2.24) is 9.71 Å². The highest BCUT2D eigenvalue weighted by Crippen LogP contribution is 2.23. The van der Waals surface area contributed by atoms with E-state index in [2.05, 4.69) is 10.3 Å². The van der Waals surface area contributed by atoms with Gasteiger partial charge in [-0.15, -0.1) is 11.3 Å². The van der Waals surface area contributed by atoms with Gasteiger partial charge in [-0.3, -0.25) is 4.79 Å². The fourth-order valence-corrected chi connectivity index (χ4v) is 4.56. The van der Waals surface area contributed by atoms with E-state index < -0.39 is 28.7 Å². The first-order valence-electron chi connectivity index (χ1n) is 9.56. The molecule has 0 aliphatic heterocycles. The smallest absolute Gasteiger partial charge is 0.402 e. The number of aryl methyl sites for hydroxylation is 2. The van der Waals surface area contributed by atoms with Crippen LogP contribution < -0.4 is 14.8 Å². The van der Waals surface area contributed by atoms with E-state index >= 15 is 0 Å². The van der Waals surface area contributed by atoms with Crippen LogP contribution in [0.5, 0.6) is 5.75 Å². The number of sulfonamides is 1. The Morgan fingerprint density at radius 1 is 1.06 bits per heavy atom. The van der Waals surface area contributed by atoms with Crippen molar-refractivity contribution >= 4 is 33.0 Å². The van der Waals surface area contributed by atoms with Crippen molar-refractivity contribution in [2.75, 3.05) is 11.9 Å². The Bertz CT molecular complexity index is 1220. The van der Waals surface area contributed by atoms with Gasteiger partial charge in [0.2, 0.25) is 10.0 Å². The Hall–Kier alpha value is -2.96. The lowest BCUT2D eigenvalue weighted by Gasteiger charge is -2.10. The number of halogens is 3. The maximum absolute atomic E-state index is 12.6. The number of ether oxygens (including phenoxy) is 1. The van der Waals surface area contributed by atoms with Crippen molar-refractivity contribution in [3.63, 3.8) is 0 Å². The molecule has 1 aromatic heterocycles. The average Bonchev–Trinajstić information content (AvgIpc) is 3.13. The standard InChI is InChI=1S/C21H20F3N3O4S2/c1-13-3-7-16(8-4-13)31-11-18-26-14(2)19(32-18)20(28)27-15-5-9-17(10-6-15)33(29,30)25-12-21(22,23)24/h3-10,25H,11-12H2,1-2H3,(H,27,28). The zero-order chi connectivity index (χ0) is 24.2. The second-order valence-electron chi connectivity index (χ2n) is 7.04. The van der Waals surface area contributed by atoms with Crippen LogP contribution in [0, 0.1) is 13.8 Å². The largest absolute Gasteiger partial charge is 0.486 e. The van der Waals surface area contributed by atoms with Crippen LogP contribution in [0.2, 0.25) is 0 Å². The van der Waals surface area contributed by atoms with E-state index in [0.29, 0.717) is 21.3 Å². The third-order valence-electron chi connectivity index (χ3n) is 4.32. The van der Waals surface area contributed by atoms with Crippen molar-refractivity contribution in [2.45, 2.75) is 31.5 Å². The van der Waals surface area contributed by atoms with Crippen LogP contribution in [0.15, 0.2) is 53.4 Å². The van der Waals surface area contributed by atoms with Gasteiger partial charge in [-0.05, 0) is 50.2 Å². The summed E-state index contributed by atoms with van der Waals surface area (Å²) in [4.78, 5) is 17.0. The quantitative estimate of drug-likeness (QED) is 0.478. The van der Waals surface area contributed by atoms with E-state index in [9.17, 15) is 26.4 Å². The normalized spacial score (nSPS) is 11.9. The molecule has 7 nitrogen and oxygen atoms in total. The predicted octanol–water partition coefficient (Wildman–Crippen LogP) is 4.43. The molecule has 3 rings (SSSR count). The van der Waals surface area contributed by atoms with Crippen LogP contribution in [0.3, 0.4) is 0 Å². The van der Waals surface area contributed by atoms with Gasteiger partial charge in [-0.1, -0.05) is 17.7 Å². The van der Waals surface area contributed by atoms with Gasteiger partial charge in [0.05, 0.1) is 10.6 Å². The molecule has 0 bridgehead atoms. The molecule has 3 aromatic rings. The second-order valence-corrected chi connectivity index (χ2v) is 9.89. The first-order chi connectivity index (χ1) is 15.4. The maximum atomic E-state index is 12.6. The molecular weight excluding hydrogens is 479 g/mol. The molecule has 2 aromatic carbocycles. The summed E-state index contributed by atoms with van der Waals surface area (Å²) >= 11 is 1.16. The molecule has 0 saturated carbocycles. The van der Waals surface area contributed by atoms with E-state index in [0.717, 1.165) is 29.0 Å². The number of carbonyl (C=O) groups is 1. The summed E-state index contributed by atoms with van der Waals surface area (Å²) in [7, 11) is -4.33. The SMILES string of the molecule is Cc1ccc(OCc2nc(C)c(C(=O)Nc3ccc(S(=O)(=O)NCC(F)(F)F)cc3)s2)cc1. The Kier molecular flexibility index (Phi) is 7.40. The van der Waals surface area contributed by atoms with Crippen molar-refractivity contribution in [2.24, 2.45) is 0 Å². The number of amides is 1. The number of nitrogens with zero attached hydrogens (tertiary/aromatic N) is 1. The summed E-state index contributed by atoms with van der Waals surface area (Å²) in [6, 6.07) is 12.3. The molecule has 0 radical (unpaired) electrons. The molecule has 0 atom stereocenters. The molecule has 12 heteroatoms. The molecule has 0 unspecified atom stereocenters. The third-order valence-corrected chi connectivity index (χ3v) is 6.86. The summed E-state index contributed by atoms with van der Waals surface area (Å²) in [5.74, 6) is 0.233. The van der Waals surface area contributed by atoms with Crippen LogP contribution in [0.25, 0.3) is 0 Å². The Morgan fingerprint density at radius 2 is 1.70 bits per heavy atom. The van der Waals surface area contributed by atoms with Crippen molar-refractivity contribution in [1.29, 1.82) is 0 Å². The summed E-state index contributed by atoms with van der Waals surface area (Å²) < 4.78 is 67.9. The van der Waals surface area contributed by atoms with E-state index in [1.54, 1.807) is 6.92 Å². The molecular formula is C21H20F3N3O4S2. The van der Waals surface area contributed by atoms with Crippen LogP contribution in [0.1, 0.15) is 25.9 Å². The van der Waals surface area contributed by atoms with E-state index in [-0.39, 0.29) is 17.2 Å². The molecule has 1 heterocycles. The van der Waals surface area contributed by atoms with Gasteiger partial charge in [0, 0.05) is 5.69 Å². The molecule has 0 aliphatic rings. The lowest BCUT2D eigenvalue weighted by atomic mass is 10.2. The zero-order valence-corrected chi connectivity index (χ0v) is 19.2. The maximum Gasteiger partial charge on any atom is 0.402 e. The monoisotopic (exact) mass is 499 g/mol. The molecule has 33 heavy (non-hydrogen) atoms. The number of carbonyl (C=O) groups excluding carboxylic acids is 1. The highest BCUT2D eigenvalue weighted by Gasteiger charge is 2.30. The Labute approximate surface area is 192 Å². The zero-order valence-electron chi connectivity index (χ0n) is 17.6. The molecule has 0 aliphatic carbocycles. The second kappa shape index (κ2) is 9.89. The summed E-state index contributed by atoms with van der Waals surface area (Å²) in [5.41, 5.74) is 1.89. The van der Waals surface area contributed by atoms with Gasteiger partial charge in [0.15, 0.2) is 0 Å². The topological polar surface area (TPSA) is 97.4 Å². The van der Waals surface area contributed by atoms with Gasteiger partial charge in [-0.2, -0.15) is 13.2 Å². The van der Waals surface area contributed by atoms with Crippen molar-refractivity contribution < 1.29 is 31.1 Å². The number of hydrogen-bond acceptors (Lipinski definition) is 6. The number of nitrogens with one attached hydrogen (secondary N) is 2.